The maximum Gasteiger partial charge on any atom is 0.347 e. The molecule has 38 heavy (non-hydrogen) atoms. The van der Waals surface area contributed by atoms with Gasteiger partial charge in [0.25, 0.3) is 0 Å². The smallest absolute Gasteiger partial charge is 0.347 e. The van der Waals surface area contributed by atoms with Gasteiger partial charge in [-0.2, -0.15) is 0 Å². The van der Waals surface area contributed by atoms with E-state index in [-0.39, 0.29) is 35.9 Å². The molecule has 0 radical (unpaired) electrons. The van der Waals surface area contributed by atoms with Gasteiger partial charge < -0.3 is 35.9 Å². The Morgan fingerprint density at radius 2 is 1.71 bits per heavy atom. The molecule has 1 unspecified atom stereocenters. The van der Waals surface area contributed by atoms with Gasteiger partial charge in [-0.15, -0.1) is 0 Å². The number of carboxylic acid groups (broad SMARTS) is 2. The molecule has 12 nitrogen and oxygen atoms in total. The maximum absolute atomic E-state index is 13.1. The van der Waals surface area contributed by atoms with Crippen LogP contribution in [0, 0.1) is 5.92 Å². The molecule has 2 aromatic rings. The van der Waals surface area contributed by atoms with E-state index in [0.29, 0.717) is 43.1 Å². The van der Waals surface area contributed by atoms with Crippen LogP contribution in [0.15, 0.2) is 41.4 Å². The van der Waals surface area contributed by atoms with E-state index < -0.39 is 42.5 Å². The first-order valence-electron chi connectivity index (χ1n) is 11.9. The number of Topliss-reactive ketones (excluding diaryl/α,β-unsaturated/α-hetero) is 1. The highest BCUT2D eigenvalue weighted by Crippen LogP contribution is 2.35. The topological polar surface area (TPSA) is 201 Å². The number of carboxylic acids is 2. The lowest BCUT2D eigenvalue weighted by molar-refractivity contribution is -0.149. The quantitative estimate of drug-likeness (QED) is 0.161. The molecule has 1 aliphatic rings. The highest BCUT2D eigenvalue weighted by atomic mass is 16.6. The molecule has 1 heterocycles. The van der Waals surface area contributed by atoms with Crippen molar-refractivity contribution in [2.75, 3.05) is 13.2 Å². The number of aryl methyl sites for hydroxylation is 1. The van der Waals surface area contributed by atoms with Crippen molar-refractivity contribution in [3.8, 4) is 17.2 Å². The lowest BCUT2D eigenvalue weighted by atomic mass is 9.95. The van der Waals surface area contributed by atoms with Crippen molar-refractivity contribution in [2.24, 2.45) is 22.4 Å². The first-order chi connectivity index (χ1) is 18.1. The number of carbonyl (C=O) groups is 4. The zero-order valence-corrected chi connectivity index (χ0v) is 20.6. The van der Waals surface area contributed by atoms with E-state index in [2.05, 4.69) is 4.99 Å². The maximum atomic E-state index is 13.1. The van der Waals surface area contributed by atoms with Crippen LogP contribution in [0.2, 0.25) is 0 Å². The number of rotatable bonds is 9. The Hall–Kier alpha value is -4.61. The van der Waals surface area contributed by atoms with Crippen molar-refractivity contribution in [2.45, 2.75) is 38.5 Å². The number of fused-ring (bicyclic) bond motifs is 2. The van der Waals surface area contributed by atoms with Gasteiger partial charge in [0.05, 0.1) is 31.2 Å². The van der Waals surface area contributed by atoms with Crippen molar-refractivity contribution >= 4 is 35.3 Å². The van der Waals surface area contributed by atoms with E-state index in [1.54, 1.807) is 24.3 Å². The average molecular weight is 528 g/mol. The summed E-state index contributed by atoms with van der Waals surface area (Å²) in [6, 6.07) is 9.50. The van der Waals surface area contributed by atoms with Crippen molar-refractivity contribution in [1.82, 2.24) is 0 Å². The number of esters is 1. The number of aliphatic carboxylic acids is 2. The summed E-state index contributed by atoms with van der Waals surface area (Å²) in [5.74, 6) is -4.46. The first kappa shape index (κ1) is 28.0. The highest BCUT2D eigenvalue weighted by Gasteiger charge is 2.25. The number of hydrogen-bond donors (Lipinski definition) is 4. The van der Waals surface area contributed by atoms with Crippen LogP contribution < -0.4 is 25.7 Å². The number of guanidine groups is 1. The predicted molar refractivity (Wildman–Crippen MR) is 135 cm³/mol. The second-order valence-corrected chi connectivity index (χ2v) is 8.63. The predicted octanol–water partition coefficient (Wildman–Crippen LogP) is 2.43. The van der Waals surface area contributed by atoms with Crippen molar-refractivity contribution in [3.63, 3.8) is 0 Å². The number of para-hydroxylation sites is 1. The molecule has 0 aromatic heterocycles. The van der Waals surface area contributed by atoms with Crippen LogP contribution in [0.4, 0.5) is 5.69 Å². The summed E-state index contributed by atoms with van der Waals surface area (Å²) in [7, 11) is 0. The molecule has 1 aliphatic heterocycles. The molecule has 0 fully saturated rings. The molecule has 0 saturated heterocycles. The van der Waals surface area contributed by atoms with Crippen LogP contribution in [0.25, 0.3) is 0 Å². The minimum Gasteiger partial charge on any atom is -0.493 e. The second-order valence-electron chi connectivity index (χ2n) is 8.63. The van der Waals surface area contributed by atoms with Crippen LogP contribution in [-0.2, 0) is 20.8 Å². The fourth-order valence-electron chi connectivity index (χ4n) is 3.84. The first-order valence-corrected chi connectivity index (χ1v) is 11.9. The van der Waals surface area contributed by atoms with E-state index in [9.17, 15) is 24.3 Å². The van der Waals surface area contributed by atoms with Gasteiger partial charge >= 0.3 is 17.9 Å². The summed E-state index contributed by atoms with van der Waals surface area (Å²) in [5.41, 5.74) is 12.0. The van der Waals surface area contributed by atoms with E-state index in [1.807, 2.05) is 0 Å². The second kappa shape index (κ2) is 13.1. The van der Waals surface area contributed by atoms with Crippen LogP contribution in [0.3, 0.4) is 0 Å². The van der Waals surface area contributed by atoms with Gasteiger partial charge in [0.1, 0.15) is 17.1 Å². The van der Waals surface area contributed by atoms with Gasteiger partial charge in [-0.05, 0) is 43.0 Å². The number of nitrogens with zero attached hydrogens (tertiary/aromatic N) is 1. The molecule has 0 aliphatic carbocycles. The SMILES string of the molecule is NC(N)=Nc1ccc2c(c1)OCCCCOc1c(CCC(=O)CC(CC(=O)O)C(=O)O)cccc1OC2=O. The molecule has 12 heteroatoms. The largest absolute Gasteiger partial charge is 0.493 e. The zero-order valence-electron chi connectivity index (χ0n) is 20.6. The van der Waals surface area contributed by atoms with E-state index in [1.165, 1.54) is 12.1 Å². The minimum absolute atomic E-state index is 0.0403. The molecule has 1 atom stereocenters. The number of ether oxygens (including phenoxy) is 3. The Morgan fingerprint density at radius 1 is 0.974 bits per heavy atom. The molecular formula is C26H29N3O9. The standard InChI is InChI=1S/C26H29N3O9/c27-26(28)29-17-7-9-19-21(14-17)36-10-1-2-11-37-23-15(4-3-5-20(23)38-25(19)35)6-8-18(30)12-16(24(33)34)13-22(31)32/h3-5,7,9,14,16H,1-2,6,8,10-13H2,(H,31,32)(H,33,34)(H4,27,28,29). The third-order valence-electron chi connectivity index (χ3n) is 5.67. The normalized spacial score (nSPS) is 14.1. The molecule has 3 rings (SSSR count). The third-order valence-corrected chi connectivity index (χ3v) is 5.67. The van der Waals surface area contributed by atoms with Crippen molar-refractivity contribution in [3.05, 3.63) is 47.5 Å². The van der Waals surface area contributed by atoms with Crippen molar-refractivity contribution < 1.29 is 43.6 Å². The Morgan fingerprint density at radius 3 is 2.39 bits per heavy atom. The Labute approximate surface area is 218 Å². The van der Waals surface area contributed by atoms with Crippen LogP contribution in [0.5, 0.6) is 17.2 Å². The number of benzene rings is 2. The van der Waals surface area contributed by atoms with Gasteiger partial charge in [-0.1, -0.05) is 12.1 Å². The summed E-state index contributed by atoms with van der Waals surface area (Å²) in [4.78, 5) is 51.7. The summed E-state index contributed by atoms with van der Waals surface area (Å²) < 4.78 is 17.4. The molecule has 0 amide bonds. The highest BCUT2D eigenvalue weighted by molar-refractivity contribution is 5.95. The molecule has 6 N–H and O–H groups in total. The van der Waals surface area contributed by atoms with Gasteiger partial charge in [-0.25, -0.2) is 9.79 Å². The van der Waals surface area contributed by atoms with Gasteiger partial charge in [0, 0.05) is 18.9 Å². The van der Waals surface area contributed by atoms with E-state index in [4.69, 9.17) is 30.8 Å². The molecule has 0 bridgehead atoms. The fourth-order valence-corrected chi connectivity index (χ4v) is 3.84. The van der Waals surface area contributed by atoms with E-state index in [0.717, 1.165) is 0 Å². The Balaban J connectivity index is 1.82. The molecule has 2 aromatic carbocycles. The summed E-state index contributed by atoms with van der Waals surface area (Å²) >= 11 is 0. The molecule has 202 valence electrons. The third kappa shape index (κ3) is 7.95. The Kier molecular flexibility index (Phi) is 9.63. The van der Waals surface area contributed by atoms with E-state index >= 15 is 0 Å². The van der Waals surface area contributed by atoms with Gasteiger partial charge in [0.2, 0.25) is 0 Å². The molecular weight excluding hydrogens is 498 g/mol. The van der Waals surface area contributed by atoms with Crippen LogP contribution in [0.1, 0.15) is 48.0 Å². The zero-order chi connectivity index (χ0) is 27.7. The monoisotopic (exact) mass is 527 g/mol. The van der Waals surface area contributed by atoms with Gasteiger partial charge in [0.15, 0.2) is 17.5 Å². The van der Waals surface area contributed by atoms with Crippen molar-refractivity contribution in [1.29, 1.82) is 0 Å². The molecule has 0 saturated carbocycles. The summed E-state index contributed by atoms with van der Waals surface area (Å²) in [5, 5.41) is 18.1. The lowest BCUT2D eigenvalue weighted by Gasteiger charge is -2.18. The Bertz CT molecular complexity index is 1240. The van der Waals surface area contributed by atoms with Crippen LogP contribution >= 0.6 is 0 Å². The molecule has 0 spiro atoms. The minimum atomic E-state index is -1.34. The lowest BCUT2D eigenvalue weighted by Crippen LogP contribution is -2.22. The summed E-state index contributed by atoms with van der Waals surface area (Å²) in [6.45, 7) is 0.596. The number of ketones is 1. The summed E-state index contributed by atoms with van der Waals surface area (Å²) in [6.07, 6.45) is 0.350. The average Bonchev–Trinajstić information content (AvgIpc) is 2.84. The number of nitrogens with two attached hydrogens (primary N) is 2. The number of aliphatic imine (C=N–C) groups is 1. The van der Waals surface area contributed by atoms with Gasteiger partial charge in [-0.3, -0.25) is 14.4 Å². The number of carbonyl (C=O) groups excluding carboxylic acids is 2. The van der Waals surface area contributed by atoms with Crippen LogP contribution in [-0.4, -0.2) is 53.1 Å². The fraction of sp³-hybridized carbons (Fsp3) is 0.346. The number of hydrogen-bond acceptors (Lipinski definition) is 8.